The van der Waals surface area contributed by atoms with Crippen LogP contribution in [0, 0.1) is 5.41 Å². The average molecular weight is 203 g/mol. The molecule has 0 aliphatic carbocycles. The summed E-state index contributed by atoms with van der Waals surface area (Å²) in [5, 5.41) is 3.29. The second kappa shape index (κ2) is 7.69. The SMILES string of the molecule is CCSCCCC(C)(CC)CNC. The molecule has 0 aromatic carbocycles. The van der Waals surface area contributed by atoms with Crippen molar-refractivity contribution in [2.45, 2.75) is 40.0 Å². The molecular weight excluding hydrogens is 178 g/mol. The molecule has 0 rings (SSSR count). The molecule has 0 amide bonds. The van der Waals surface area contributed by atoms with Crippen LogP contribution in [0.5, 0.6) is 0 Å². The molecule has 0 saturated heterocycles. The van der Waals surface area contributed by atoms with Crippen molar-refractivity contribution in [2.75, 3.05) is 25.1 Å². The number of nitrogens with one attached hydrogen (secondary N) is 1. The van der Waals surface area contributed by atoms with Gasteiger partial charge in [-0.1, -0.05) is 20.8 Å². The van der Waals surface area contributed by atoms with E-state index < -0.39 is 0 Å². The fraction of sp³-hybridized carbons (Fsp3) is 1.00. The molecule has 0 aromatic rings. The molecule has 0 saturated carbocycles. The van der Waals surface area contributed by atoms with Gasteiger partial charge < -0.3 is 5.32 Å². The summed E-state index contributed by atoms with van der Waals surface area (Å²) in [5.41, 5.74) is 0.517. The van der Waals surface area contributed by atoms with Gasteiger partial charge in [-0.25, -0.2) is 0 Å². The minimum absolute atomic E-state index is 0.517. The van der Waals surface area contributed by atoms with Crippen LogP contribution in [0.25, 0.3) is 0 Å². The number of rotatable bonds is 8. The molecule has 1 atom stereocenters. The van der Waals surface area contributed by atoms with Gasteiger partial charge in [0.15, 0.2) is 0 Å². The number of hydrogen-bond donors (Lipinski definition) is 1. The van der Waals surface area contributed by atoms with E-state index in [1.165, 1.54) is 30.8 Å². The highest BCUT2D eigenvalue weighted by molar-refractivity contribution is 7.99. The van der Waals surface area contributed by atoms with Gasteiger partial charge in [-0.05, 0) is 43.2 Å². The van der Waals surface area contributed by atoms with Crippen LogP contribution >= 0.6 is 11.8 Å². The van der Waals surface area contributed by atoms with Gasteiger partial charge in [0, 0.05) is 6.54 Å². The van der Waals surface area contributed by atoms with E-state index in [0.717, 1.165) is 6.54 Å². The molecule has 0 spiro atoms. The zero-order valence-corrected chi connectivity index (χ0v) is 10.5. The maximum Gasteiger partial charge on any atom is 0.000206 e. The van der Waals surface area contributed by atoms with Crippen LogP contribution in [0.1, 0.15) is 40.0 Å². The van der Waals surface area contributed by atoms with Crippen molar-refractivity contribution in [3.63, 3.8) is 0 Å². The van der Waals surface area contributed by atoms with E-state index in [2.05, 4.69) is 44.9 Å². The molecule has 0 aliphatic rings. The standard InChI is InChI=1S/C11H25NS/c1-5-11(3,10-12-4)8-7-9-13-6-2/h12H,5-10H2,1-4H3. The topological polar surface area (TPSA) is 12.0 Å². The fourth-order valence-corrected chi connectivity index (χ4v) is 2.20. The fourth-order valence-electron chi connectivity index (χ4n) is 1.56. The lowest BCUT2D eigenvalue weighted by atomic mass is 9.83. The normalized spacial score (nSPS) is 15.7. The first-order chi connectivity index (χ1) is 6.18. The maximum absolute atomic E-state index is 3.29. The Labute approximate surface area is 88.1 Å². The Bertz CT molecular complexity index is 117. The molecule has 1 nitrogen and oxygen atoms in total. The van der Waals surface area contributed by atoms with Crippen molar-refractivity contribution in [3.8, 4) is 0 Å². The lowest BCUT2D eigenvalue weighted by Crippen LogP contribution is -2.29. The summed E-state index contributed by atoms with van der Waals surface area (Å²) >= 11 is 2.06. The predicted octanol–water partition coefficient (Wildman–Crippen LogP) is 3.16. The van der Waals surface area contributed by atoms with Gasteiger partial charge in [0.1, 0.15) is 0 Å². The average Bonchev–Trinajstić information content (AvgIpc) is 2.13. The first kappa shape index (κ1) is 13.3. The Hall–Kier alpha value is 0.310. The van der Waals surface area contributed by atoms with E-state index in [0.29, 0.717) is 5.41 Å². The van der Waals surface area contributed by atoms with Crippen molar-refractivity contribution >= 4 is 11.8 Å². The van der Waals surface area contributed by atoms with Crippen molar-refractivity contribution in [1.29, 1.82) is 0 Å². The van der Waals surface area contributed by atoms with Gasteiger partial charge in [-0.3, -0.25) is 0 Å². The van der Waals surface area contributed by atoms with E-state index in [1.807, 2.05) is 0 Å². The Balaban J connectivity index is 3.57. The Morgan fingerprint density at radius 3 is 2.46 bits per heavy atom. The van der Waals surface area contributed by atoms with E-state index in [-0.39, 0.29) is 0 Å². The highest BCUT2D eigenvalue weighted by atomic mass is 32.2. The summed E-state index contributed by atoms with van der Waals surface area (Å²) in [6, 6.07) is 0. The van der Waals surface area contributed by atoms with Gasteiger partial charge >= 0.3 is 0 Å². The molecule has 13 heavy (non-hydrogen) atoms. The second-order valence-electron chi connectivity index (χ2n) is 4.00. The quantitative estimate of drug-likeness (QED) is 0.608. The van der Waals surface area contributed by atoms with Crippen LogP contribution in [0.3, 0.4) is 0 Å². The van der Waals surface area contributed by atoms with E-state index in [9.17, 15) is 0 Å². The molecule has 0 fully saturated rings. The van der Waals surface area contributed by atoms with Crippen molar-refractivity contribution < 1.29 is 0 Å². The van der Waals surface area contributed by atoms with Crippen LogP contribution in [0.15, 0.2) is 0 Å². The minimum atomic E-state index is 0.517. The minimum Gasteiger partial charge on any atom is -0.319 e. The molecule has 0 radical (unpaired) electrons. The van der Waals surface area contributed by atoms with E-state index in [4.69, 9.17) is 0 Å². The van der Waals surface area contributed by atoms with Gasteiger partial charge in [0.25, 0.3) is 0 Å². The summed E-state index contributed by atoms with van der Waals surface area (Å²) < 4.78 is 0. The predicted molar refractivity (Wildman–Crippen MR) is 64.6 cm³/mol. The molecule has 0 aromatic heterocycles. The van der Waals surface area contributed by atoms with Gasteiger partial charge in [0.2, 0.25) is 0 Å². The summed E-state index contributed by atoms with van der Waals surface area (Å²) in [6.07, 6.45) is 4.01. The van der Waals surface area contributed by atoms with Gasteiger partial charge in [-0.15, -0.1) is 0 Å². The molecule has 2 heteroatoms. The maximum atomic E-state index is 3.29. The van der Waals surface area contributed by atoms with Crippen molar-refractivity contribution in [1.82, 2.24) is 5.32 Å². The third-order valence-electron chi connectivity index (χ3n) is 2.73. The smallest absolute Gasteiger partial charge is 0.000206 e. The van der Waals surface area contributed by atoms with Crippen LogP contribution < -0.4 is 5.32 Å². The third kappa shape index (κ3) is 6.39. The van der Waals surface area contributed by atoms with Crippen LogP contribution in [0.4, 0.5) is 0 Å². The Morgan fingerprint density at radius 1 is 1.31 bits per heavy atom. The molecule has 0 bridgehead atoms. The first-order valence-corrected chi connectivity index (χ1v) is 6.56. The lowest BCUT2D eigenvalue weighted by molar-refractivity contribution is 0.275. The van der Waals surface area contributed by atoms with Gasteiger partial charge in [-0.2, -0.15) is 11.8 Å². The van der Waals surface area contributed by atoms with Crippen molar-refractivity contribution in [3.05, 3.63) is 0 Å². The zero-order chi connectivity index (χ0) is 10.2. The largest absolute Gasteiger partial charge is 0.319 e. The summed E-state index contributed by atoms with van der Waals surface area (Å²) in [6.45, 7) is 8.07. The monoisotopic (exact) mass is 203 g/mol. The number of thioether (sulfide) groups is 1. The highest BCUT2D eigenvalue weighted by Gasteiger charge is 2.19. The summed E-state index contributed by atoms with van der Waals surface area (Å²) in [4.78, 5) is 0. The zero-order valence-electron chi connectivity index (χ0n) is 9.65. The highest BCUT2D eigenvalue weighted by Crippen LogP contribution is 2.27. The van der Waals surface area contributed by atoms with Crippen LogP contribution in [-0.2, 0) is 0 Å². The van der Waals surface area contributed by atoms with E-state index >= 15 is 0 Å². The molecule has 0 heterocycles. The molecule has 1 unspecified atom stereocenters. The second-order valence-corrected chi connectivity index (χ2v) is 5.39. The van der Waals surface area contributed by atoms with Crippen molar-refractivity contribution in [2.24, 2.45) is 5.41 Å². The third-order valence-corrected chi connectivity index (χ3v) is 3.72. The van der Waals surface area contributed by atoms with Crippen LogP contribution in [0.2, 0.25) is 0 Å². The molecule has 0 aliphatic heterocycles. The lowest BCUT2D eigenvalue weighted by Gasteiger charge is -2.27. The first-order valence-electron chi connectivity index (χ1n) is 5.41. The van der Waals surface area contributed by atoms with Crippen LogP contribution in [-0.4, -0.2) is 25.1 Å². The molecular formula is C11H25NS. The summed E-state index contributed by atoms with van der Waals surface area (Å²) in [7, 11) is 2.05. The molecule has 80 valence electrons. The number of hydrogen-bond acceptors (Lipinski definition) is 2. The Kier molecular flexibility index (Phi) is 7.87. The van der Waals surface area contributed by atoms with E-state index in [1.54, 1.807) is 0 Å². The Morgan fingerprint density at radius 2 is 2.00 bits per heavy atom. The molecule has 1 N–H and O–H groups in total. The summed E-state index contributed by atoms with van der Waals surface area (Å²) in [5.74, 6) is 2.59. The van der Waals surface area contributed by atoms with Gasteiger partial charge in [0.05, 0.1) is 0 Å².